The molecule has 2 rings (SSSR count). The van der Waals surface area contributed by atoms with Crippen LogP contribution in [0.15, 0.2) is 18.3 Å². The van der Waals surface area contributed by atoms with Crippen LogP contribution in [0.4, 0.5) is 5.82 Å². The van der Waals surface area contributed by atoms with Gasteiger partial charge in [0.2, 0.25) is 0 Å². The first-order chi connectivity index (χ1) is 9.91. The second kappa shape index (κ2) is 6.75. The second-order valence-electron chi connectivity index (χ2n) is 6.69. The summed E-state index contributed by atoms with van der Waals surface area (Å²) in [5.74, 6) is 1.06. The van der Waals surface area contributed by atoms with E-state index >= 15 is 0 Å². The zero-order valence-electron chi connectivity index (χ0n) is 14.0. The molecule has 21 heavy (non-hydrogen) atoms. The largest absolute Gasteiger partial charge is 0.369 e. The molecule has 0 amide bonds. The highest BCUT2D eigenvalue weighted by Crippen LogP contribution is 2.26. The molecular weight excluding hydrogens is 262 g/mol. The summed E-state index contributed by atoms with van der Waals surface area (Å²) in [4.78, 5) is 6.91. The average Bonchev–Trinajstić information content (AvgIpc) is 2.42. The first-order valence-electron chi connectivity index (χ1n) is 8.03. The minimum atomic E-state index is -0.124. The zero-order chi connectivity index (χ0) is 15.5. The fourth-order valence-electron chi connectivity index (χ4n) is 2.98. The van der Waals surface area contributed by atoms with Crippen molar-refractivity contribution in [3.63, 3.8) is 0 Å². The fourth-order valence-corrected chi connectivity index (χ4v) is 2.98. The van der Waals surface area contributed by atoms with E-state index in [9.17, 15) is 0 Å². The normalized spacial score (nSPS) is 23.1. The number of hydrogen-bond acceptors (Lipinski definition) is 4. The molecule has 118 valence electrons. The van der Waals surface area contributed by atoms with Crippen LogP contribution in [0.3, 0.4) is 0 Å². The lowest BCUT2D eigenvalue weighted by Gasteiger charge is -2.42. The van der Waals surface area contributed by atoms with Crippen LogP contribution in [0.2, 0.25) is 0 Å². The third kappa shape index (κ3) is 4.42. The third-order valence-electron chi connectivity index (χ3n) is 3.86. The molecule has 1 fully saturated rings. The minimum absolute atomic E-state index is 0.124. The first kappa shape index (κ1) is 16.2. The van der Waals surface area contributed by atoms with E-state index < -0.39 is 0 Å². The molecule has 1 aromatic heterocycles. The molecule has 0 radical (unpaired) electrons. The number of nitrogens with zero attached hydrogens (tertiary/aromatic N) is 2. The van der Waals surface area contributed by atoms with Gasteiger partial charge in [0.05, 0.1) is 11.7 Å². The topological polar surface area (TPSA) is 37.4 Å². The van der Waals surface area contributed by atoms with Crippen LogP contribution in [0.1, 0.15) is 52.6 Å². The van der Waals surface area contributed by atoms with Crippen LogP contribution in [-0.4, -0.2) is 36.3 Å². The molecule has 0 aromatic carbocycles. The highest BCUT2D eigenvalue weighted by Gasteiger charge is 2.32. The Kier molecular flexibility index (Phi) is 5.22. The maximum atomic E-state index is 5.97. The van der Waals surface area contributed by atoms with Crippen molar-refractivity contribution in [3.05, 3.63) is 23.9 Å². The smallest absolute Gasteiger partial charge is 0.128 e. The Morgan fingerprint density at radius 1 is 1.52 bits per heavy atom. The number of hydrogen-bond donors (Lipinski definition) is 1. The van der Waals surface area contributed by atoms with E-state index in [-0.39, 0.29) is 11.7 Å². The molecule has 1 aromatic rings. The maximum absolute atomic E-state index is 5.97. The van der Waals surface area contributed by atoms with Crippen LogP contribution in [0, 0.1) is 0 Å². The van der Waals surface area contributed by atoms with Crippen molar-refractivity contribution >= 4 is 5.82 Å². The van der Waals surface area contributed by atoms with E-state index in [1.54, 1.807) is 0 Å². The second-order valence-corrected chi connectivity index (χ2v) is 6.69. The van der Waals surface area contributed by atoms with Gasteiger partial charge >= 0.3 is 0 Å². The van der Waals surface area contributed by atoms with Crippen molar-refractivity contribution in [2.75, 3.05) is 24.5 Å². The van der Waals surface area contributed by atoms with Gasteiger partial charge in [-0.05, 0) is 58.4 Å². The molecule has 1 aliphatic rings. The van der Waals surface area contributed by atoms with E-state index in [4.69, 9.17) is 4.74 Å². The lowest BCUT2D eigenvalue weighted by Crippen LogP contribution is -2.52. The number of nitrogens with one attached hydrogen (secondary N) is 1. The van der Waals surface area contributed by atoms with Gasteiger partial charge in [0.1, 0.15) is 5.82 Å². The molecule has 4 nitrogen and oxygen atoms in total. The standard InChI is InChI=1S/C17H29N3O/c1-6-8-18-14(3)15-7-9-19-16(10-15)20-11-13(2)21-17(4,5)12-20/h7,9-10,13-14,18H,6,8,11-12H2,1-5H3. The molecule has 1 aliphatic heterocycles. The molecule has 1 saturated heterocycles. The SMILES string of the molecule is CCCNC(C)c1ccnc(N2CC(C)OC(C)(C)C2)c1. The van der Waals surface area contributed by atoms with E-state index in [1.165, 1.54) is 5.56 Å². The van der Waals surface area contributed by atoms with Gasteiger partial charge in [0.25, 0.3) is 0 Å². The molecule has 0 bridgehead atoms. The van der Waals surface area contributed by atoms with Gasteiger partial charge in [-0.1, -0.05) is 6.92 Å². The van der Waals surface area contributed by atoms with E-state index in [2.05, 4.69) is 62.0 Å². The van der Waals surface area contributed by atoms with E-state index in [1.807, 2.05) is 6.20 Å². The molecule has 4 heteroatoms. The predicted octanol–water partition coefficient (Wildman–Crippen LogP) is 3.15. The quantitative estimate of drug-likeness (QED) is 0.904. The highest BCUT2D eigenvalue weighted by atomic mass is 16.5. The number of aromatic nitrogens is 1. The molecule has 0 spiro atoms. The van der Waals surface area contributed by atoms with Crippen molar-refractivity contribution in [2.24, 2.45) is 0 Å². The number of pyridine rings is 1. The van der Waals surface area contributed by atoms with Crippen LogP contribution in [0.25, 0.3) is 0 Å². The minimum Gasteiger partial charge on any atom is -0.369 e. The van der Waals surface area contributed by atoms with Gasteiger partial charge in [-0.3, -0.25) is 0 Å². The summed E-state index contributed by atoms with van der Waals surface area (Å²) >= 11 is 0. The van der Waals surface area contributed by atoms with Crippen LogP contribution in [0.5, 0.6) is 0 Å². The lowest BCUT2D eigenvalue weighted by atomic mass is 10.0. The summed E-state index contributed by atoms with van der Waals surface area (Å²) in [5.41, 5.74) is 1.17. The molecule has 0 aliphatic carbocycles. The predicted molar refractivity (Wildman–Crippen MR) is 87.8 cm³/mol. The molecule has 1 N–H and O–H groups in total. The Balaban J connectivity index is 2.13. The summed E-state index contributed by atoms with van der Waals surface area (Å²) in [6.07, 6.45) is 3.30. The lowest BCUT2D eigenvalue weighted by molar-refractivity contribution is -0.0751. The summed E-state index contributed by atoms with van der Waals surface area (Å²) in [6.45, 7) is 13.6. The molecule has 2 atom stereocenters. The van der Waals surface area contributed by atoms with Gasteiger partial charge in [-0.2, -0.15) is 0 Å². The fraction of sp³-hybridized carbons (Fsp3) is 0.706. The van der Waals surface area contributed by atoms with Gasteiger partial charge in [0.15, 0.2) is 0 Å². The van der Waals surface area contributed by atoms with E-state index in [0.717, 1.165) is 31.9 Å². The van der Waals surface area contributed by atoms with Gasteiger partial charge in [-0.25, -0.2) is 4.98 Å². The molecule has 2 heterocycles. The van der Waals surface area contributed by atoms with Crippen molar-refractivity contribution in [2.45, 2.75) is 58.8 Å². The Labute approximate surface area is 128 Å². The molecular formula is C17H29N3O. The number of morpholine rings is 1. The van der Waals surface area contributed by atoms with Gasteiger partial charge in [-0.15, -0.1) is 0 Å². The Morgan fingerprint density at radius 2 is 2.29 bits per heavy atom. The number of ether oxygens (including phenoxy) is 1. The van der Waals surface area contributed by atoms with Gasteiger partial charge in [0, 0.05) is 25.3 Å². The van der Waals surface area contributed by atoms with Crippen LogP contribution >= 0.6 is 0 Å². The Morgan fingerprint density at radius 3 is 2.95 bits per heavy atom. The summed E-state index contributed by atoms with van der Waals surface area (Å²) in [7, 11) is 0. The van der Waals surface area contributed by atoms with Crippen molar-refractivity contribution in [1.29, 1.82) is 0 Å². The Hall–Kier alpha value is -1.13. The average molecular weight is 291 g/mol. The van der Waals surface area contributed by atoms with Crippen LogP contribution in [-0.2, 0) is 4.74 Å². The monoisotopic (exact) mass is 291 g/mol. The third-order valence-corrected chi connectivity index (χ3v) is 3.86. The number of rotatable bonds is 5. The molecule has 2 unspecified atom stereocenters. The maximum Gasteiger partial charge on any atom is 0.128 e. The molecule has 0 saturated carbocycles. The first-order valence-corrected chi connectivity index (χ1v) is 8.03. The summed E-state index contributed by atoms with van der Waals surface area (Å²) in [6, 6.07) is 4.67. The van der Waals surface area contributed by atoms with Crippen molar-refractivity contribution in [1.82, 2.24) is 10.3 Å². The van der Waals surface area contributed by atoms with Crippen molar-refractivity contribution in [3.8, 4) is 0 Å². The summed E-state index contributed by atoms with van der Waals surface area (Å²) in [5, 5.41) is 3.53. The highest BCUT2D eigenvalue weighted by molar-refractivity contribution is 5.43. The Bertz CT molecular complexity index is 461. The zero-order valence-corrected chi connectivity index (χ0v) is 14.0. The summed E-state index contributed by atoms with van der Waals surface area (Å²) < 4.78 is 5.97. The van der Waals surface area contributed by atoms with Gasteiger partial charge < -0.3 is 15.0 Å². The number of anilines is 1. The van der Waals surface area contributed by atoms with E-state index in [0.29, 0.717) is 6.04 Å². The van der Waals surface area contributed by atoms with Crippen LogP contribution < -0.4 is 10.2 Å². The van der Waals surface area contributed by atoms with Crippen molar-refractivity contribution < 1.29 is 4.74 Å².